The summed E-state index contributed by atoms with van der Waals surface area (Å²) in [5, 5.41) is 6.14. The van der Waals surface area contributed by atoms with Gasteiger partial charge in [-0.15, -0.1) is 0 Å². The molecule has 0 unspecified atom stereocenters. The van der Waals surface area contributed by atoms with E-state index in [0.29, 0.717) is 23.0 Å². The summed E-state index contributed by atoms with van der Waals surface area (Å²) in [5.41, 5.74) is 2.81. The smallest absolute Gasteiger partial charge is 0.319 e. The molecule has 0 fully saturated rings. The van der Waals surface area contributed by atoms with Crippen LogP contribution in [0.25, 0.3) is 0 Å². The number of methoxy groups -OCH3 is 1. The minimum absolute atomic E-state index is 0.309. The lowest BCUT2D eigenvalue weighted by Crippen LogP contribution is -2.28. The van der Waals surface area contributed by atoms with Gasteiger partial charge in [0.05, 0.1) is 12.8 Å². The second-order valence-electron chi connectivity index (χ2n) is 5.80. The SMILES string of the molecule is CCN(C)Cc1cccc(CNC(=O)Nc2cc(Cl)ccc2OC)c1. The zero-order valence-corrected chi connectivity index (χ0v) is 15.6. The molecule has 2 N–H and O–H groups in total. The lowest BCUT2D eigenvalue weighted by Gasteiger charge is -2.15. The number of hydrogen-bond acceptors (Lipinski definition) is 3. The number of amides is 2. The van der Waals surface area contributed by atoms with E-state index in [9.17, 15) is 4.79 Å². The molecule has 0 atom stereocenters. The van der Waals surface area contributed by atoms with Crippen molar-refractivity contribution >= 4 is 23.3 Å². The lowest BCUT2D eigenvalue weighted by molar-refractivity contribution is 0.251. The van der Waals surface area contributed by atoms with Crippen LogP contribution in [0.1, 0.15) is 18.1 Å². The molecule has 0 aliphatic heterocycles. The van der Waals surface area contributed by atoms with E-state index in [2.05, 4.69) is 41.6 Å². The Bertz CT molecular complexity index is 722. The zero-order chi connectivity index (χ0) is 18.2. The molecule has 25 heavy (non-hydrogen) atoms. The zero-order valence-electron chi connectivity index (χ0n) is 14.8. The first-order chi connectivity index (χ1) is 12.0. The van der Waals surface area contributed by atoms with Crippen molar-refractivity contribution in [3.63, 3.8) is 0 Å². The highest BCUT2D eigenvalue weighted by Gasteiger charge is 2.08. The van der Waals surface area contributed by atoms with Gasteiger partial charge in [0.2, 0.25) is 0 Å². The van der Waals surface area contributed by atoms with E-state index < -0.39 is 0 Å². The molecular formula is C19H24ClN3O2. The summed E-state index contributed by atoms with van der Waals surface area (Å²) in [6, 6.07) is 13.0. The third-order valence-corrected chi connectivity index (χ3v) is 4.08. The maximum absolute atomic E-state index is 12.1. The van der Waals surface area contributed by atoms with Gasteiger partial charge in [0.25, 0.3) is 0 Å². The standard InChI is InChI=1S/C19H24ClN3O2/c1-4-23(2)13-15-7-5-6-14(10-15)12-21-19(24)22-17-11-16(20)8-9-18(17)25-3/h5-11H,4,12-13H2,1-3H3,(H2,21,22,24). The normalized spacial score (nSPS) is 10.6. The highest BCUT2D eigenvalue weighted by Crippen LogP contribution is 2.27. The number of benzene rings is 2. The molecule has 0 aliphatic rings. The first kappa shape index (κ1) is 19.1. The average molecular weight is 362 g/mol. The minimum atomic E-state index is -0.309. The number of urea groups is 1. The predicted molar refractivity (Wildman–Crippen MR) is 102 cm³/mol. The van der Waals surface area contributed by atoms with Gasteiger partial charge in [-0.3, -0.25) is 0 Å². The molecule has 2 aromatic carbocycles. The van der Waals surface area contributed by atoms with Crippen molar-refractivity contribution in [1.29, 1.82) is 0 Å². The maximum atomic E-state index is 12.1. The first-order valence-corrected chi connectivity index (χ1v) is 8.54. The highest BCUT2D eigenvalue weighted by molar-refractivity contribution is 6.31. The van der Waals surface area contributed by atoms with Crippen molar-refractivity contribution in [1.82, 2.24) is 10.2 Å². The number of ether oxygens (including phenoxy) is 1. The van der Waals surface area contributed by atoms with Crippen molar-refractivity contribution in [2.45, 2.75) is 20.0 Å². The molecular weight excluding hydrogens is 338 g/mol. The number of anilines is 1. The van der Waals surface area contributed by atoms with Gasteiger partial charge in [-0.05, 0) is 42.9 Å². The van der Waals surface area contributed by atoms with E-state index in [4.69, 9.17) is 16.3 Å². The Morgan fingerprint density at radius 1 is 1.20 bits per heavy atom. The van der Waals surface area contributed by atoms with Crippen LogP contribution in [-0.2, 0) is 13.1 Å². The van der Waals surface area contributed by atoms with Gasteiger partial charge >= 0.3 is 6.03 Å². The molecule has 0 heterocycles. The molecule has 2 aromatic rings. The third-order valence-electron chi connectivity index (χ3n) is 3.85. The van der Waals surface area contributed by atoms with Gasteiger partial charge in [0.1, 0.15) is 5.75 Å². The van der Waals surface area contributed by atoms with E-state index in [0.717, 1.165) is 18.7 Å². The Labute approximate surface area is 153 Å². The Kier molecular flexibility index (Phi) is 7.10. The highest BCUT2D eigenvalue weighted by atomic mass is 35.5. The number of hydrogen-bond donors (Lipinski definition) is 2. The van der Waals surface area contributed by atoms with Crippen LogP contribution in [0, 0.1) is 0 Å². The van der Waals surface area contributed by atoms with Gasteiger partial charge in [-0.25, -0.2) is 4.79 Å². The Balaban J connectivity index is 1.94. The quantitative estimate of drug-likeness (QED) is 0.779. The van der Waals surface area contributed by atoms with Crippen LogP contribution >= 0.6 is 11.6 Å². The van der Waals surface area contributed by atoms with Crippen LogP contribution in [0.5, 0.6) is 5.75 Å². The van der Waals surface area contributed by atoms with E-state index in [-0.39, 0.29) is 6.03 Å². The molecule has 6 heteroatoms. The first-order valence-electron chi connectivity index (χ1n) is 8.16. The fourth-order valence-corrected chi connectivity index (χ4v) is 2.56. The molecule has 2 amide bonds. The number of rotatable bonds is 7. The molecule has 134 valence electrons. The summed E-state index contributed by atoms with van der Waals surface area (Å²) in [5.74, 6) is 0.559. The summed E-state index contributed by atoms with van der Waals surface area (Å²) < 4.78 is 5.22. The number of halogens is 1. The second kappa shape index (κ2) is 9.30. The average Bonchev–Trinajstić information content (AvgIpc) is 2.60. The van der Waals surface area contributed by atoms with Crippen molar-refractivity contribution in [3.05, 3.63) is 58.6 Å². The van der Waals surface area contributed by atoms with Crippen LogP contribution in [-0.4, -0.2) is 31.6 Å². The number of carbonyl (C=O) groups is 1. The molecule has 0 radical (unpaired) electrons. The lowest BCUT2D eigenvalue weighted by atomic mass is 10.1. The summed E-state index contributed by atoms with van der Waals surface area (Å²) in [6.07, 6.45) is 0. The fraction of sp³-hybridized carbons (Fsp3) is 0.316. The van der Waals surface area contributed by atoms with Crippen molar-refractivity contribution < 1.29 is 9.53 Å². The third kappa shape index (κ3) is 5.96. The molecule has 0 bridgehead atoms. The Morgan fingerprint density at radius 2 is 1.96 bits per heavy atom. The van der Waals surface area contributed by atoms with Crippen LogP contribution in [0.15, 0.2) is 42.5 Å². The molecule has 0 spiro atoms. The predicted octanol–water partition coefficient (Wildman–Crippen LogP) is 4.12. The summed E-state index contributed by atoms with van der Waals surface area (Å²) in [6.45, 7) is 4.45. The number of nitrogens with zero attached hydrogens (tertiary/aromatic N) is 1. The van der Waals surface area contributed by atoms with Crippen LogP contribution in [0.3, 0.4) is 0 Å². The van der Waals surface area contributed by atoms with Gasteiger partial charge in [0, 0.05) is 18.1 Å². The molecule has 2 rings (SSSR count). The van der Waals surface area contributed by atoms with Gasteiger partial charge in [-0.1, -0.05) is 42.8 Å². The van der Waals surface area contributed by atoms with Gasteiger partial charge in [-0.2, -0.15) is 0 Å². The largest absolute Gasteiger partial charge is 0.495 e. The molecule has 0 saturated carbocycles. The Morgan fingerprint density at radius 3 is 2.68 bits per heavy atom. The topological polar surface area (TPSA) is 53.6 Å². The van der Waals surface area contributed by atoms with E-state index in [1.165, 1.54) is 5.56 Å². The summed E-state index contributed by atoms with van der Waals surface area (Å²) >= 11 is 5.97. The fourth-order valence-electron chi connectivity index (χ4n) is 2.39. The van der Waals surface area contributed by atoms with Crippen LogP contribution in [0.2, 0.25) is 5.02 Å². The van der Waals surface area contributed by atoms with E-state index in [1.807, 2.05) is 12.1 Å². The van der Waals surface area contributed by atoms with Crippen LogP contribution in [0.4, 0.5) is 10.5 Å². The minimum Gasteiger partial charge on any atom is -0.495 e. The van der Waals surface area contributed by atoms with E-state index >= 15 is 0 Å². The van der Waals surface area contributed by atoms with Crippen molar-refractivity contribution in [2.75, 3.05) is 26.0 Å². The van der Waals surface area contributed by atoms with Crippen LogP contribution < -0.4 is 15.4 Å². The monoisotopic (exact) mass is 361 g/mol. The van der Waals surface area contributed by atoms with Gasteiger partial charge in [0.15, 0.2) is 0 Å². The molecule has 0 aromatic heterocycles. The van der Waals surface area contributed by atoms with Gasteiger partial charge < -0.3 is 20.3 Å². The van der Waals surface area contributed by atoms with Crippen molar-refractivity contribution in [2.24, 2.45) is 0 Å². The summed E-state index contributed by atoms with van der Waals surface area (Å²) in [7, 11) is 3.63. The number of nitrogens with one attached hydrogen (secondary N) is 2. The molecule has 0 aliphatic carbocycles. The maximum Gasteiger partial charge on any atom is 0.319 e. The second-order valence-corrected chi connectivity index (χ2v) is 6.24. The molecule has 0 saturated heterocycles. The number of carbonyl (C=O) groups excluding carboxylic acids is 1. The Hall–Kier alpha value is -2.24. The van der Waals surface area contributed by atoms with Crippen molar-refractivity contribution in [3.8, 4) is 5.75 Å². The molecule has 5 nitrogen and oxygen atoms in total. The van der Waals surface area contributed by atoms with E-state index in [1.54, 1.807) is 25.3 Å². The summed E-state index contributed by atoms with van der Waals surface area (Å²) in [4.78, 5) is 14.4.